The third-order valence-corrected chi connectivity index (χ3v) is 5.71. The summed E-state index contributed by atoms with van der Waals surface area (Å²) in [5.74, 6) is -0.357. The number of nitrogens with zero attached hydrogens (tertiary/aromatic N) is 3. The van der Waals surface area contributed by atoms with Crippen LogP contribution < -0.4 is 10.3 Å². The molecule has 2 heterocycles. The van der Waals surface area contributed by atoms with E-state index in [4.69, 9.17) is 0 Å². The largest absolute Gasteiger partial charge is 0.372 e. The lowest BCUT2D eigenvalue weighted by Crippen LogP contribution is -2.21. The van der Waals surface area contributed by atoms with Crippen molar-refractivity contribution in [3.8, 4) is 10.6 Å². The summed E-state index contributed by atoms with van der Waals surface area (Å²) in [5, 5.41) is 10.9. The number of rotatable bonds is 7. The number of aromatic amines is 1. The van der Waals surface area contributed by atoms with E-state index in [0.717, 1.165) is 33.0 Å². The highest BCUT2D eigenvalue weighted by atomic mass is 79.9. The zero-order valence-corrected chi connectivity index (χ0v) is 17.5. The van der Waals surface area contributed by atoms with Crippen LogP contribution in [0.4, 0.5) is 5.69 Å². The maximum Gasteiger partial charge on any atom is 0.291 e. The Labute approximate surface area is 170 Å². The van der Waals surface area contributed by atoms with Crippen molar-refractivity contribution < 1.29 is 4.79 Å². The minimum atomic E-state index is -0.357. The van der Waals surface area contributed by atoms with Gasteiger partial charge in [-0.05, 0) is 65.7 Å². The molecule has 1 amide bonds. The van der Waals surface area contributed by atoms with Gasteiger partial charge in [0.2, 0.25) is 0 Å². The van der Waals surface area contributed by atoms with E-state index in [1.807, 2.05) is 24.3 Å². The number of thiophene rings is 1. The van der Waals surface area contributed by atoms with Crippen molar-refractivity contribution >= 4 is 45.1 Å². The Bertz CT molecular complexity index is 928. The van der Waals surface area contributed by atoms with Gasteiger partial charge in [0.05, 0.1) is 20.6 Å². The molecule has 0 saturated carbocycles. The van der Waals surface area contributed by atoms with Crippen LogP contribution in [0.1, 0.15) is 29.9 Å². The van der Waals surface area contributed by atoms with Gasteiger partial charge in [0.15, 0.2) is 5.69 Å². The zero-order chi connectivity index (χ0) is 19.2. The molecule has 8 heteroatoms. The molecule has 0 radical (unpaired) electrons. The van der Waals surface area contributed by atoms with E-state index in [2.05, 4.69) is 67.5 Å². The van der Waals surface area contributed by atoms with E-state index in [0.29, 0.717) is 5.69 Å². The first-order chi connectivity index (χ1) is 13.1. The van der Waals surface area contributed by atoms with Gasteiger partial charge in [-0.2, -0.15) is 10.2 Å². The molecule has 3 rings (SSSR count). The predicted molar refractivity (Wildman–Crippen MR) is 115 cm³/mol. The number of hydrazone groups is 1. The second-order valence-electron chi connectivity index (χ2n) is 5.73. The highest BCUT2D eigenvalue weighted by Gasteiger charge is 2.11. The minimum absolute atomic E-state index is 0.295. The van der Waals surface area contributed by atoms with Gasteiger partial charge in [0, 0.05) is 18.8 Å². The number of amides is 1. The van der Waals surface area contributed by atoms with E-state index in [1.165, 1.54) is 5.69 Å². The second-order valence-corrected chi connectivity index (χ2v) is 8.20. The molecule has 1 aromatic carbocycles. The summed E-state index contributed by atoms with van der Waals surface area (Å²) in [7, 11) is 0. The normalized spacial score (nSPS) is 11.1. The molecular formula is C19H20BrN5OS. The first kappa shape index (κ1) is 19.3. The lowest BCUT2D eigenvalue weighted by Gasteiger charge is -2.20. The topological polar surface area (TPSA) is 73.4 Å². The van der Waals surface area contributed by atoms with Crippen molar-refractivity contribution in [2.45, 2.75) is 13.8 Å². The number of aromatic nitrogens is 2. The van der Waals surface area contributed by atoms with Crippen LogP contribution in [0.3, 0.4) is 0 Å². The summed E-state index contributed by atoms with van der Waals surface area (Å²) >= 11 is 4.99. The Kier molecular flexibility index (Phi) is 6.41. The monoisotopic (exact) mass is 445 g/mol. The molecular weight excluding hydrogens is 426 g/mol. The summed E-state index contributed by atoms with van der Waals surface area (Å²) in [6.07, 6.45) is 1.62. The number of hydrogen-bond acceptors (Lipinski definition) is 5. The first-order valence-electron chi connectivity index (χ1n) is 8.60. The average Bonchev–Trinajstić information content (AvgIpc) is 3.33. The van der Waals surface area contributed by atoms with Gasteiger partial charge in [0.25, 0.3) is 5.91 Å². The highest BCUT2D eigenvalue weighted by molar-refractivity contribution is 9.11. The van der Waals surface area contributed by atoms with Crippen molar-refractivity contribution in [3.63, 3.8) is 0 Å². The summed E-state index contributed by atoms with van der Waals surface area (Å²) in [4.78, 5) is 15.5. The molecule has 6 nitrogen and oxygen atoms in total. The molecule has 3 aromatic rings. The SMILES string of the molecule is CCN(CC)c1ccc(C=NNC(=O)c2cc(-c3ccc(Br)s3)[nH]n2)cc1. The number of hydrogen-bond donors (Lipinski definition) is 2. The van der Waals surface area contributed by atoms with E-state index in [-0.39, 0.29) is 5.91 Å². The second kappa shape index (κ2) is 8.96. The molecule has 0 fully saturated rings. The fourth-order valence-electron chi connectivity index (χ4n) is 2.61. The average molecular weight is 446 g/mol. The number of anilines is 1. The van der Waals surface area contributed by atoms with Crippen LogP contribution in [-0.4, -0.2) is 35.4 Å². The van der Waals surface area contributed by atoms with Crippen molar-refractivity contribution in [2.75, 3.05) is 18.0 Å². The summed E-state index contributed by atoms with van der Waals surface area (Å²) in [6, 6.07) is 13.7. The summed E-state index contributed by atoms with van der Waals surface area (Å²) < 4.78 is 1.02. The van der Waals surface area contributed by atoms with Gasteiger partial charge in [-0.3, -0.25) is 9.89 Å². The smallest absolute Gasteiger partial charge is 0.291 e. The molecule has 140 valence electrons. The van der Waals surface area contributed by atoms with Crippen molar-refractivity contribution in [1.29, 1.82) is 0 Å². The Morgan fingerprint density at radius 3 is 2.63 bits per heavy atom. The van der Waals surface area contributed by atoms with Crippen LogP contribution in [0.5, 0.6) is 0 Å². The Hall–Kier alpha value is -2.45. The lowest BCUT2D eigenvalue weighted by molar-refractivity contribution is 0.0950. The highest BCUT2D eigenvalue weighted by Crippen LogP contribution is 2.30. The van der Waals surface area contributed by atoms with Gasteiger partial charge in [-0.1, -0.05) is 12.1 Å². The number of halogens is 1. The van der Waals surface area contributed by atoms with E-state index in [1.54, 1.807) is 23.6 Å². The van der Waals surface area contributed by atoms with Crippen molar-refractivity contribution in [1.82, 2.24) is 15.6 Å². The van der Waals surface area contributed by atoms with Gasteiger partial charge < -0.3 is 4.90 Å². The summed E-state index contributed by atoms with van der Waals surface area (Å²) in [5.41, 5.74) is 5.69. The predicted octanol–water partition coefficient (Wildman–Crippen LogP) is 4.51. The molecule has 0 saturated heterocycles. The number of H-pyrrole nitrogens is 1. The van der Waals surface area contributed by atoms with E-state index < -0.39 is 0 Å². The van der Waals surface area contributed by atoms with Crippen LogP contribution in [0.15, 0.2) is 51.4 Å². The van der Waals surface area contributed by atoms with E-state index >= 15 is 0 Å². The number of carbonyl (C=O) groups excluding carboxylic acids is 1. The van der Waals surface area contributed by atoms with Gasteiger partial charge in [0.1, 0.15) is 0 Å². The number of benzene rings is 1. The number of nitrogens with one attached hydrogen (secondary N) is 2. The van der Waals surface area contributed by atoms with Gasteiger partial charge in [-0.15, -0.1) is 11.3 Å². The fourth-order valence-corrected chi connectivity index (χ4v) is 3.96. The van der Waals surface area contributed by atoms with Crippen LogP contribution in [0, 0.1) is 0 Å². The van der Waals surface area contributed by atoms with Crippen LogP contribution >= 0.6 is 27.3 Å². The number of carbonyl (C=O) groups is 1. The fraction of sp³-hybridized carbons (Fsp3) is 0.211. The summed E-state index contributed by atoms with van der Waals surface area (Å²) in [6.45, 7) is 6.19. The maximum atomic E-state index is 12.2. The zero-order valence-electron chi connectivity index (χ0n) is 15.1. The Morgan fingerprint density at radius 2 is 2.00 bits per heavy atom. The Morgan fingerprint density at radius 1 is 1.26 bits per heavy atom. The van der Waals surface area contributed by atoms with Gasteiger partial charge >= 0.3 is 0 Å². The molecule has 0 unspecified atom stereocenters. The van der Waals surface area contributed by atoms with Crippen LogP contribution in [0.25, 0.3) is 10.6 Å². The van der Waals surface area contributed by atoms with E-state index in [9.17, 15) is 4.79 Å². The van der Waals surface area contributed by atoms with Crippen molar-refractivity contribution in [2.24, 2.45) is 5.10 Å². The van der Waals surface area contributed by atoms with Crippen molar-refractivity contribution in [3.05, 3.63) is 57.5 Å². The molecule has 0 bridgehead atoms. The Balaban J connectivity index is 1.59. The third-order valence-electron chi connectivity index (χ3n) is 4.05. The molecule has 0 spiro atoms. The first-order valence-corrected chi connectivity index (χ1v) is 10.2. The molecule has 27 heavy (non-hydrogen) atoms. The molecule has 2 aromatic heterocycles. The quantitative estimate of drug-likeness (QED) is 0.414. The maximum absolute atomic E-state index is 12.2. The van der Waals surface area contributed by atoms with Crippen LogP contribution in [0.2, 0.25) is 0 Å². The standard InChI is InChI=1S/C19H20BrN5OS/c1-3-25(4-2)14-7-5-13(6-8-14)12-21-24-19(26)16-11-15(22-23-16)17-9-10-18(20)27-17/h5-12H,3-4H2,1-2H3,(H,22,23)(H,24,26). The minimum Gasteiger partial charge on any atom is -0.372 e. The molecule has 0 aliphatic rings. The van der Waals surface area contributed by atoms with Crippen LogP contribution in [-0.2, 0) is 0 Å². The lowest BCUT2D eigenvalue weighted by atomic mass is 10.2. The van der Waals surface area contributed by atoms with Gasteiger partial charge in [-0.25, -0.2) is 5.43 Å². The third kappa shape index (κ3) is 4.84. The molecule has 0 aliphatic carbocycles. The molecule has 0 atom stereocenters. The molecule has 0 aliphatic heterocycles. The molecule has 2 N–H and O–H groups in total.